The average Bonchev–Trinajstić information content (AvgIpc) is 3.04. The standard InChI is InChI=1S/C11H16N2O/c1-2-13(10-5-6-10)11-9(8-14)4-3-7-12-11/h3-4,7,10,14H,2,5-6,8H2,1H3. The second-order valence-electron chi connectivity index (χ2n) is 3.66. The molecular formula is C11H16N2O. The summed E-state index contributed by atoms with van der Waals surface area (Å²) in [6.07, 6.45) is 4.31. The van der Waals surface area contributed by atoms with E-state index in [1.807, 2.05) is 12.1 Å². The van der Waals surface area contributed by atoms with Crippen LogP contribution in [0, 0.1) is 0 Å². The molecule has 3 heteroatoms. The highest BCUT2D eigenvalue weighted by Crippen LogP contribution is 2.31. The highest BCUT2D eigenvalue weighted by Gasteiger charge is 2.29. The maximum absolute atomic E-state index is 9.20. The molecule has 0 aliphatic heterocycles. The Morgan fingerprint density at radius 2 is 2.36 bits per heavy atom. The van der Waals surface area contributed by atoms with Gasteiger partial charge in [-0.2, -0.15) is 0 Å². The SMILES string of the molecule is CCN(c1ncccc1CO)C1CC1. The molecule has 1 aromatic heterocycles. The Kier molecular flexibility index (Phi) is 2.68. The Bertz CT molecular complexity index is 310. The van der Waals surface area contributed by atoms with Crippen molar-refractivity contribution >= 4 is 5.82 Å². The van der Waals surface area contributed by atoms with Crippen LogP contribution in [0.2, 0.25) is 0 Å². The Balaban J connectivity index is 2.27. The molecule has 1 fully saturated rings. The number of pyridine rings is 1. The first-order valence-corrected chi connectivity index (χ1v) is 5.18. The minimum absolute atomic E-state index is 0.0758. The maximum Gasteiger partial charge on any atom is 0.134 e. The lowest BCUT2D eigenvalue weighted by atomic mass is 10.2. The molecule has 1 aromatic rings. The van der Waals surface area contributed by atoms with E-state index in [1.165, 1.54) is 12.8 Å². The summed E-state index contributed by atoms with van der Waals surface area (Å²) >= 11 is 0. The van der Waals surface area contributed by atoms with E-state index in [2.05, 4.69) is 16.8 Å². The number of nitrogens with zero attached hydrogens (tertiary/aromatic N) is 2. The van der Waals surface area contributed by atoms with Gasteiger partial charge in [-0.25, -0.2) is 4.98 Å². The van der Waals surface area contributed by atoms with Crippen LogP contribution in [0.1, 0.15) is 25.3 Å². The quantitative estimate of drug-likeness (QED) is 0.786. The van der Waals surface area contributed by atoms with Gasteiger partial charge in [0.05, 0.1) is 6.61 Å². The van der Waals surface area contributed by atoms with Crippen molar-refractivity contribution in [2.45, 2.75) is 32.4 Å². The molecule has 0 bridgehead atoms. The van der Waals surface area contributed by atoms with Crippen molar-refractivity contribution in [3.8, 4) is 0 Å². The smallest absolute Gasteiger partial charge is 0.134 e. The molecule has 2 rings (SSSR count). The molecule has 0 aromatic carbocycles. The summed E-state index contributed by atoms with van der Waals surface area (Å²) in [7, 11) is 0. The molecule has 1 saturated carbocycles. The number of anilines is 1. The summed E-state index contributed by atoms with van der Waals surface area (Å²) in [5, 5.41) is 9.20. The number of aliphatic hydroxyl groups is 1. The Morgan fingerprint density at radius 1 is 1.57 bits per heavy atom. The summed E-state index contributed by atoms with van der Waals surface area (Å²) in [6, 6.07) is 4.46. The summed E-state index contributed by atoms with van der Waals surface area (Å²) in [5.74, 6) is 0.958. The van der Waals surface area contributed by atoms with Crippen molar-refractivity contribution in [3.63, 3.8) is 0 Å². The molecule has 76 valence electrons. The fourth-order valence-electron chi connectivity index (χ4n) is 1.78. The summed E-state index contributed by atoms with van der Waals surface area (Å²) < 4.78 is 0. The van der Waals surface area contributed by atoms with Crippen LogP contribution in [0.3, 0.4) is 0 Å². The molecule has 1 N–H and O–H groups in total. The van der Waals surface area contributed by atoms with E-state index in [0.29, 0.717) is 6.04 Å². The van der Waals surface area contributed by atoms with Crippen LogP contribution in [0.15, 0.2) is 18.3 Å². The van der Waals surface area contributed by atoms with E-state index in [1.54, 1.807) is 6.20 Å². The van der Waals surface area contributed by atoms with Gasteiger partial charge in [0, 0.05) is 24.3 Å². The highest BCUT2D eigenvalue weighted by molar-refractivity contribution is 5.48. The molecule has 0 amide bonds. The van der Waals surface area contributed by atoms with Crippen molar-refractivity contribution in [3.05, 3.63) is 23.9 Å². The van der Waals surface area contributed by atoms with E-state index in [-0.39, 0.29) is 6.61 Å². The van der Waals surface area contributed by atoms with Gasteiger partial charge >= 0.3 is 0 Å². The third-order valence-electron chi connectivity index (χ3n) is 2.64. The van der Waals surface area contributed by atoms with Crippen molar-refractivity contribution < 1.29 is 5.11 Å². The Morgan fingerprint density at radius 3 is 2.93 bits per heavy atom. The maximum atomic E-state index is 9.20. The van der Waals surface area contributed by atoms with Crippen LogP contribution >= 0.6 is 0 Å². The fourth-order valence-corrected chi connectivity index (χ4v) is 1.78. The molecule has 1 aliphatic rings. The Hall–Kier alpha value is -1.09. The lowest BCUT2D eigenvalue weighted by molar-refractivity contribution is 0.281. The highest BCUT2D eigenvalue weighted by atomic mass is 16.3. The number of hydrogen-bond donors (Lipinski definition) is 1. The molecule has 0 saturated heterocycles. The molecule has 0 spiro atoms. The molecule has 3 nitrogen and oxygen atoms in total. The van der Waals surface area contributed by atoms with E-state index < -0.39 is 0 Å². The zero-order valence-electron chi connectivity index (χ0n) is 8.48. The first-order valence-electron chi connectivity index (χ1n) is 5.18. The average molecular weight is 192 g/mol. The minimum atomic E-state index is 0.0758. The van der Waals surface area contributed by atoms with Crippen LogP contribution < -0.4 is 4.90 Å². The predicted molar refractivity (Wildman–Crippen MR) is 56.2 cm³/mol. The van der Waals surface area contributed by atoms with Crippen molar-refractivity contribution in [2.24, 2.45) is 0 Å². The lowest BCUT2D eigenvalue weighted by Crippen LogP contribution is -2.27. The largest absolute Gasteiger partial charge is 0.392 e. The van der Waals surface area contributed by atoms with Crippen molar-refractivity contribution in [2.75, 3.05) is 11.4 Å². The monoisotopic (exact) mass is 192 g/mol. The number of aromatic nitrogens is 1. The molecule has 0 unspecified atom stereocenters. The van der Waals surface area contributed by atoms with Crippen LogP contribution in [-0.2, 0) is 6.61 Å². The zero-order chi connectivity index (χ0) is 9.97. The van der Waals surface area contributed by atoms with Crippen molar-refractivity contribution in [1.82, 2.24) is 4.98 Å². The van der Waals surface area contributed by atoms with Gasteiger partial charge in [-0.15, -0.1) is 0 Å². The van der Waals surface area contributed by atoms with E-state index >= 15 is 0 Å². The third kappa shape index (κ3) is 1.73. The Labute approximate surface area is 84.4 Å². The number of aliphatic hydroxyl groups excluding tert-OH is 1. The second-order valence-corrected chi connectivity index (χ2v) is 3.66. The van der Waals surface area contributed by atoms with E-state index in [0.717, 1.165) is 17.9 Å². The van der Waals surface area contributed by atoms with Gasteiger partial charge in [-0.1, -0.05) is 6.07 Å². The van der Waals surface area contributed by atoms with Gasteiger partial charge in [0.1, 0.15) is 5.82 Å². The predicted octanol–water partition coefficient (Wildman–Crippen LogP) is 1.56. The van der Waals surface area contributed by atoms with Gasteiger partial charge < -0.3 is 10.0 Å². The third-order valence-corrected chi connectivity index (χ3v) is 2.64. The first-order chi connectivity index (χ1) is 6.86. The summed E-state index contributed by atoms with van der Waals surface area (Å²) in [6.45, 7) is 3.18. The molecule has 0 atom stereocenters. The summed E-state index contributed by atoms with van der Waals surface area (Å²) in [4.78, 5) is 6.63. The van der Waals surface area contributed by atoms with Crippen LogP contribution in [0.25, 0.3) is 0 Å². The van der Waals surface area contributed by atoms with E-state index in [9.17, 15) is 5.11 Å². The molecule has 14 heavy (non-hydrogen) atoms. The van der Waals surface area contributed by atoms with Gasteiger partial charge in [0.15, 0.2) is 0 Å². The molecule has 0 radical (unpaired) electrons. The fraction of sp³-hybridized carbons (Fsp3) is 0.545. The first kappa shape index (κ1) is 9.46. The van der Waals surface area contributed by atoms with Gasteiger partial charge in [-0.3, -0.25) is 0 Å². The number of rotatable bonds is 4. The molecule has 1 heterocycles. The van der Waals surface area contributed by atoms with Gasteiger partial charge in [-0.05, 0) is 25.8 Å². The minimum Gasteiger partial charge on any atom is -0.392 e. The van der Waals surface area contributed by atoms with Gasteiger partial charge in [0.25, 0.3) is 0 Å². The number of hydrogen-bond acceptors (Lipinski definition) is 3. The van der Waals surface area contributed by atoms with Crippen molar-refractivity contribution in [1.29, 1.82) is 0 Å². The zero-order valence-corrected chi connectivity index (χ0v) is 8.48. The second kappa shape index (κ2) is 3.96. The van der Waals surface area contributed by atoms with Crippen LogP contribution in [0.4, 0.5) is 5.82 Å². The topological polar surface area (TPSA) is 36.4 Å². The van der Waals surface area contributed by atoms with Crippen LogP contribution in [0.5, 0.6) is 0 Å². The van der Waals surface area contributed by atoms with Crippen LogP contribution in [-0.4, -0.2) is 22.7 Å². The molecule has 1 aliphatic carbocycles. The normalized spacial score (nSPS) is 15.6. The summed E-state index contributed by atoms with van der Waals surface area (Å²) in [5.41, 5.74) is 0.932. The van der Waals surface area contributed by atoms with Gasteiger partial charge in [0.2, 0.25) is 0 Å². The van der Waals surface area contributed by atoms with E-state index in [4.69, 9.17) is 0 Å². The molecular weight excluding hydrogens is 176 g/mol. The lowest BCUT2D eigenvalue weighted by Gasteiger charge is -2.23.